The minimum absolute atomic E-state index is 0. The largest absolute Gasteiger partial charge is 0.399 e. The molecule has 0 bridgehead atoms. The third kappa shape index (κ3) is 2.80. The SMILES string of the molecule is Cl.Cn1ccnc1N=Nc1ccc(N)cc1. The lowest BCUT2D eigenvalue weighted by Crippen LogP contribution is -1.82. The molecular weight excluding hydrogens is 226 g/mol. The first-order valence-electron chi connectivity index (χ1n) is 4.50. The third-order valence-electron chi connectivity index (χ3n) is 1.94. The van der Waals surface area contributed by atoms with Gasteiger partial charge in [0, 0.05) is 25.1 Å². The van der Waals surface area contributed by atoms with E-state index in [0.717, 1.165) is 5.69 Å². The van der Waals surface area contributed by atoms with E-state index < -0.39 is 0 Å². The van der Waals surface area contributed by atoms with E-state index in [1.54, 1.807) is 22.9 Å². The highest BCUT2D eigenvalue weighted by Gasteiger charge is 1.95. The number of benzene rings is 1. The number of hydrogen-bond donors (Lipinski definition) is 1. The molecule has 0 saturated heterocycles. The van der Waals surface area contributed by atoms with Gasteiger partial charge in [-0.05, 0) is 24.3 Å². The summed E-state index contributed by atoms with van der Waals surface area (Å²) in [6.45, 7) is 0. The number of rotatable bonds is 2. The zero-order valence-electron chi connectivity index (χ0n) is 8.74. The summed E-state index contributed by atoms with van der Waals surface area (Å²) in [5.41, 5.74) is 7.02. The van der Waals surface area contributed by atoms with Crippen molar-refractivity contribution in [2.24, 2.45) is 17.3 Å². The fourth-order valence-corrected chi connectivity index (χ4v) is 1.10. The number of hydrogen-bond acceptors (Lipinski definition) is 4. The van der Waals surface area contributed by atoms with Gasteiger partial charge in [0.2, 0.25) is 5.95 Å². The molecule has 0 aliphatic carbocycles. The van der Waals surface area contributed by atoms with Gasteiger partial charge in [0.25, 0.3) is 0 Å². The highest BCUT2D eigenvalue weighted by atomic mass is 35.5. The minimum Gasteiger partial charge on any atom is -0.399 e. The lowest BCUT2D eigenvalue weighted by molar-refractivity contribution is 0.893. The van der Waals surface area contributed by atoms with Crippen LogP contribution < -0.4 is 5.73 Å². The van der Waals surface area contributed by atoms with E-state index in [1.165, 1.54) is 0 Å². The quantitative estimate of drug-likeness (QED) is 0.645. The molecule has 2 rings (SSSR count). The summed E-state index contributed by atoms with van der Waals surface area (Å²) in [5.74, 6) is 0.576. The first-order chi connectivity index (χ1) is 7.25. The molecule has 2 aromatic rings. The van der Waals surface area contributed by atoms with Crippen molar-refractivity contribution in [2.75, 3.05) is 5.73 Å². The van der Waals surface area contributed by atoms with Gasteiger partial charge >= 0.3 is 0 Å². The van der Waals surface area contributed by atoms with Crippen LogP contribution in [-0.4, -0.2) is 9.55 Å². The van der Waals surface area contributed by atoms with Crippen LogP contribution in [0.3, 0.4) is 0 Å². The second kappa shape index (κ2) is 5.27. The van der Waals surface area contributed by atoms with Gasteiger partial charge < -0.3 is 10.3 Å². The summed E-state index contributed by atoms with van der Waals surface area (Å²) in [7, 11) is 1.87. The standard InChI is InChI=1S/C10H11N5.ClH/c1-15-7-6-12-10(15)14-13-9-4-2-8(11)3-5-9;/h2-7H,11H2,1H3;1H. The zero-order valence-corrected chi connectivity index (χ0v) is 9.56. The third-order valence-corrected chi connectivity index (χ3v) is 1.94. The molecule has 16 heavy (non-hydrogen) atoms. The van der Waals surface area contributed by atoms with Crippen molar-refractivity contribution in [1.82, 2.24) is 9.55 Å². The van der Waals surface area contributed by atoms with E-state index in [4.69, 9.17) is 5.73 Å². The number of anilines is 1. The van der Waals surface area contributed by atoms with Crippen LogP contribution in [0.25, 0.3) is 0 Å². The van der Waals surface area contributed by atoms with Crippen LogP contribution in [-0.2, 0) is 7.05 Å². The monoisotopic (exact) mass is 237 g/mol. The highest BCUT2D eigenvalue weighted by Crippen LogP contribution is 2.17. The van der Waals surface area contributed by atoms with Gasteiger partial charge in [-0.3, -0.25) is 0 Å². The first kappa shape index (κ1) is 12.2. The molecule has 2 N–H and O–H groups in total. The van der Waals surface area contributed by atoms with Crippen LogP contribution in [0.1, 0.15) is 0 Å². The zero-order chi connectivity index (χ0) is 10.7. The van der Waals surface area contributed by atoms with Crippen molar-refractivity contribution in [3.05, 3.63) is 36.7 Å². The molecule has 1 aromatic carbocycles. The molecule has 0 aliphatic heterocycles. The summed E-state index contributed by atoms with van der Waals surface area (Å²) >= 11 is 0. The molecule has 84 valence electrons. The number of aryl methyl sites for hydroxylation is 1. The summed E-state index contributed by atoms with van der Waals surface area (Å²) in [5, 5.41) is 8.04. The lowest BCUT2D eigenvalue weighted by atomic mass is 10.3. The molecule has 5 nitrogen and oxygen atoms in total. The Balaban J connectivity index is 0.00000128. The number of azo groups is 1. The minimum atomic E-state index is 0. The maximum absolute atomic E-state index is 5.55. The van der Waals surface area contributed by atoms with Crippen LogP contribution in [0.15, 0.2) is 46.9 Å². The highest BCUT2D eigenvalue weighted by molar-refractivity contribution is 5.85. The van der Waals surface area contributed by atoms with Gasteiger partial charge in [-0.15, -0.1) is 22.6 Å². The van der Waals surface area contributed by atoms with E-state index >= 15 is 0 Å². The molecule has 0 radical (unpaired) electrons. The van der Waals surface area contributed by atoms with Crippen molar-refractivity contribution in [2.45, 2.75) is 0 Å². The topological polar surface area (TPSA) is 68.6 Å². The Bertz CT molecular complexity index is 474. The predicted octanol–water partition coefficient (Wildman–Crippen LogP) is 2.84. The number of imidazole rings is 1. The van der Waals surface area contributed by atoms with Crippen molar-refractivity contribution >= 4 is 29.7 Å². The molecule has 0 aliphatic rings. The van der Waals surface area contributed by atoms with Gasteiger partial charge in [0.1, 0.15) is 0 Å². The summed E-state index contributed by atoms with van der Waals surface area (Å²) in [6.07, 6.45) is 3.49. The molecule has 1 heterocycles. The second-order valence-electron chi connectivity index (χ2n) is 3.13. The van der Waals surface area contributed by atoms with E-state index in [9.17, 15) is 0 Å². The second-order valence-corrected chi connectivity index (χ2v) is 3.13. The maximum Gasteiger partial charge on any atom is 0.249 e. The smallest absolute Gasteiger partial charge is 0.249 e. The van der Waals surface area contributed by atoms with E-state index in [0.29, 0.717) is 11.6 Å². The predicted molar refractivity (Wildman–Crippen MR) is 65.5 cm³/mol. The fourth-order valence-electron chi connectivity index (χ4n) is 1.10. The Kier molecular flexibility index (Phi) is 4.02. The van der Waals surface area contributed by atoms with Crippen molar-refractivity contribution < 1.29 is 0 Å². The van der Waals surface area contributed by atoms with Crippen LogP contribution in [0.2, 0.25) is 0 Å². The first-order valence-corrected chi connectivity index (χ1v) is 4.50. The number of nitrogens with two attached hydrogens (primary N) is 1. The number of nitrogens with zero attached hydrogens (tertiary/aromatic N) is 4. The van der Waals surface area contributed by atoms with Crippen molar-refractivity contribution in [3.63, 3.8) is 0 Å². The molecular formula is C10H12ClN5. The summed E-state index contributed by atoms with van der Waals surface area (Å²) < 4.78 is 1.79. The van der Waals surface area contributed by atoms with Crippen LogP contribution in [0.4, 0.5) is 17.3 Å². The maximum atomic E-state index is 5.55. The Hall–Kier alpha value is -1.88. The summed E-state index contributed by atoms with van der Waals surface area (Å²) in [6, 6.07) is 7.18. The van der Waals surface area contributed by atoms with Gasteiger partial charge in [-0.1, -0.05) is 0 Å². The molecule has 6 heteroatoms. The van der Waals surface area contributed by atoms with Crippen LogP contribution in [0, 0.1) is 0 Å². The van der Waals surface area contributed by atoms with E-state index in [1.807, 2.05) is 25.4 Å². The molecule has 0 fully saturated rings. The lowest BCUT2D eigenvalue weighted by Gasteiger charge is -1.94. The van der Waals surface area contributed by atoms with E-state index in [-0.39, 0.29) is 12.4 Å². The van der Waals surface area contributed by atoms with Crippen LogP contribution >= 0.6 is 12.4 Å². The molecule has 1 aromatic heterocycles. The van der Waals surface area contributed by atoms with Gasteiger partial charge in [-0.2, -0.15) is 0 Å². The molecule has 0 unspecified atom stereocenters. The Labute approximate surface area is 99.4 Å². The fraction of sp³-hybridized carbons (Fsp3) is 0.100. The molecule has 0 saturated carbocycles. The Morgan fingerprint density at radius 1 is 1.19 bits per heavy atom. The van der Waals surface area contributed by atoms with Gasteiger partial charge in [-0.25, -0.2) is 4.98 Å². The summed E-state index contributed by atoms with van der Waals surface area (Å²) in [4.78, 5) is 4.03. The normalized spacial score (nSPS) is 10.3. The van der Waals surface area contributed by atoms with Crippen molar-refractivity contribution in [3.8, 4) is 0 Å². The van der Waals surface area contributed by atoms with Gasteiger partial charge in [0.15, 0.2) is 0 Å². The Morgan fingerprint density at radius 2 is 1.88 bits per heavy atom. The van der Waals surface area contributed by atoms with Gasteiger partial charge in [0.05, 0.1) is 5.69 Å². The van der Waals surface area contributed by atoms with Crippen LogP contribution in [0.5, 0.6) is 0 Å². The molecule has 0 spiro atoms. The van der Waals surface area contributed by atoms with E-state index in [2.05, 4.69) is 15.2 Å². The number of nitrogen functional groups attached to an aromatic ring is 1. The van der Waals surface area contributed by atoms with Crippen molar-refractivity contribution in [1.29, 1.82) is 0 Å². The average molecular weight is 238 g/mol. The average Bonchev–Trinajstić information content (AvgIpc) is 2.63. The molecule has 0 atom stereocenters. The number of halogens is 1. The number of aromatic nitrogens is 2. The molecule has 0 amide bonds. The Morgan fingerprint density at radius 3 is 2.44 bits per heavy atom.